The molecular weight excluding hydrogens is 653 g/mol. The third-order valence-corrected chi connectivity index (χ3v) is 11.2. The van der Waals surface area contributed by atoms with Gasteiger partial charge in [0.25, 0.3) is 0 Å². The van der Waals surface area contributed by atoms with Crippen LogP contribution in [0.15, 0.2) is 24.3 Å². The van der Waals surface area contributed by atoms with Crippen molar-refractivity contribution in [1.82, 2.24) is 0 Å². The molecule has 2 aromatic rings. The molecule has 0 saturated carbocycles. The zero-order valence-corrected chi connectivity index (χ0v) is 37.0. The van der Waals surface area contributed by atoms with Crippen molar-refractivity contribution in [1.29, 1.82) is 0 Å². The first-order chi connectivity index (χ1) is 24.5. The van der Waals surface area contributed by atoms with Crippen molar-refractivity contribution < 1.29 is 19.7 Å². The highest BCUT2D eigenvalue weighted by Gasteiger charge is 2.32. The summed E-state index contributed by atoms with van der Waals surface area (Å²) in [4.78, 5) is 12.3. The number of ether oxygens (including phenoxy) is 1. The van der Waals surface area contributed by atoms with Crippen molar-refractivity contribution >= 4 is 5.97 Å². The minimum Gasteiger partial charge on any atom is -0.507 e. The van der Waals surface area contributed by atoms with Crippen LogP contribution in [0.5, 0.6) is 11.5 Å². The van der Waals surface area contributed by atoms with Gasteiger partial charge in [0.05, 0.1) is 6.61 Å². The molecule has 53 heavy (non-hydrogen) atoms. The lowest BCUT2D eigenvalue weighted by atomic mass is 9.73. The summed E-state index contributed by atoms with van der Waals surface area (Å²) < 4.78 is 5.74. The number of esters is 1. The molecule has 0 radical (unpaired) electrons. The highest BCUT2D eigenvalue weighted by molar-refractivity contribution is 5.68. The minimum atomic E-state index is -0.242. The number of carbonyl (C=O) groups is 1. The molecule has 302 valence electrons. The third kappa shape index (κ3) is 14.9. The number of hydrogen-bond donors (Lipinski definition) is 2. The molecule has 2 atom stereocenters. The van der Waals surface area contributed by atoms with E-state index in [-0.39, 0.29) is 39.5 Å². The van der Waals surface area contributed by atoms with E-state index in [4.69, 9.17) is 4.74 Å². The topological polar surface area (TPSA) is 66.8 Å². The van der Waals surface area contributed by atoms with Crippen LogP contribution in [0, 0.1) is 0 Å². The van der Waals surface area contributed by atoms with Crippen LogP contribution in [-0.2, 0) is 31.2 Å². The third-order valence-electron chi connectivity index (χ3n) is 11.2. The van der Waals surface area contributed by atoms with Gasteiger partial charge in [-0.25, -0.2) is 0 Å². The van der Waals surface area contributed by atoms with Crippen molar-refractivity contribution in [3.8, 4) is 11.5 Å². The molecule has 0 saturated heterocycles. The van der Waals surface area contributed by atoms with E-state index >= 15 is 0 Å². The highest BCUT2D eigenvalue weighted by Crippen LogP contribution is 2.46. The van der Waals surface area contributed by atoms with Gasteiger partial charge in [0.2, 0.25) is 0 Å². The number of rotatable bonds is 20. The van der Waals surface area contributed by atoms with E-state index in [2.05, 4.69) is 114 Å². The summed E-state index contributed by atoms with van der Waals surface area (Å²) in [6.07, 6.45) is 17.5. The van der Waals surface area contributed by atoms with E-state index in [1.54, 1.807) is 0 Å². The van der Waals surface area contributed by atoms with Crippen LogP contribution < -0.4 is 0 Å². The first-order valence-electron chi connectivity index (χ1n) is 21.4. The van der Waals surface area contributed by atoms with E-state index in [0.717, 1.165) is 47.9 Å². The van der Waals surface area contributed by atoms with E-state index in [9.17, 15) is 15.0 Å². The van der Waals surface area contributed by atoms with Gasteiger partial charge in [-0.15, -0.1) is 0 Å². The van der Waals surface area contributed by atoms with Crippen LogP contribution in [0.1, 0.15) is 238 Å². The smallest absolute Gasteiger partial charge is 0.305 e. The van der Waals surface area contributed by atoms with E-state index in [0.29, 0.717) is 24.5 Å². The quantitative estimate of drug-likeness (QED) is 0.105. The Balaban J connectivity index is 2.62. The van der Waals surface area contributed by atoms with Crippen molar-refractivity contribution in [2.75, 3.05) is 6.61 Å². The zero-order chi connectivity index (χ0) is 40.2. The lowest BCUT2D eigenvalue weighted by Crippen LogP contribution is -2.20. The number of unbranched alkanes of at least 4 members (excludes halogenated alkanes) is 10. The predicted molar refractivity (Wildman–Crippen MR) is 228 cm³/mol. The van der Waals surface area contributed by atoms with Gasteiger partial charge in [0.15, 0.2) is 0 Å². The van der Waals surface area contributed by atoms with Gasteiger partial charge in [-0.3, -0.25) is 4.79 Å². The Kier molecular flexibility index (Phi) is 18.0. The summed E-state index contributed by atoms with van der Waals surface area (Å²) in [6.45, 7) is 30.7. The largest absolute Gasteiger partial charge is 0.507 e. The van der Waals surface area contributed by atoms with Crippen LogP contribution in [0.2, 0.25) is 0 Å². The molecule has 0 aliphatic heterocycles. The molecule has 4 heteroatoms. The van der Waals surface area contributed by atoms with Gasteiger partial charge in [0, 0.05) is 6.42 Å². The maximum Gasteiger partial charge on any atom is 0.305 e. The summed E-state index contributed by atoms with van der Waals surface area (Å²) in [5, 5.41) is 23.3. The van der Waals surface area contributed by atoms with Crippen LogP contribution in [0.25, 0.3) is 0 Å². The summed E-state index contributed by atoms with van der Waals surface area (Å²) in [5.41, 5.74) is 5.54. The minimum absolute atomic E-state index is 0.116. The first kappa shape index (κ1) is 46.7. The Morgan fingerprint density at radius 1 is 0.528 bits per heavy atom. The Hall–Kier alpha value is -2.49. The molecular formula is C49H82O4. The average molecular weight is 735 g/mol. The number of phenolic OH excluding ortho intramolecular Hbond substituents is 2. The van der Waals surface area contributed by atoms with E-state index < -0.39 is 0 Å². The standard InChI is InChI=1S/C49H82O4/c1-15-17-18-19-20-21-22-23-24-25-26-27-35(37-31-39(46(3,4)5)44(51)40(32-37)47(6,7)8)30-36(28-29-53-43(50)16-2)38-33-41(48(9,10)11)45(52)42(34-38)49(12,13)14/h31-36,51-52H,15-30H2,1-14H3. The number of phenols is 2. The Morgan fingerprint density at radius 3 is 1.17 bits per heavy atom. The van der Waals surface area contributed by atoms with Crippen molar-refractivity contribution in [3.05, 3.63) is 57.6 Å². The van der Waals surface area contributed by atoms with Gasteiger partial charge < -0.3 is 14.9 Å². The fourth-order valence-corrected chi connectivity index (χ4v) is 7.73. The summed E-state index contributed by atoms with van der Waals surface area (Å²) >= 11 is 0. The number of benzene rings is 2. The normalized spacial score (nSPS) is 14.0. The lowest BCUT2D eigenvalue weighted by Gasteiger charge is -2.33. The van der Waals surface area contributed by atoms with E-state index in [1.165, 1.54) is 75.3 Å². The Bertz CT molecular complexity index is 1340. The SMILES string of the molecule is CCCCCCCCCCCCCC(CC(CCOC(=O)CC)c1cc(C(C)(C)C)c(O)c(C(C)(C)C)c1)c1cc(C(C)(C)C)c(O)c(C(C)(C)C)c1. The molecule has 0 spiro atoms. The lowest BCUT2D eigenvalue weighted by molar-refractivity contribution is -0.143. The molecule has 0 amide bonds. The molecule has 0 aromatic heterocycles. The number of aromatic hydroxyl groups is 2. The number of carbonyl (C=O) groups excluding carboxylic acids is 1. The molecule has 0 heterocycles. The molecule has 0 aliphatic rings. The second-order valence-electron chi connectivity index (χ2n) is 20.2. The van der Waals surface area contributed by atoms with Crippen LogP contribution in [0.4, 0.5) is 0 Å². The van der Waals surface area contributed by atoms with Crippen molar-refractivity contribution in [2.45, 2.75) is 227 Å². The Labute approximate surface area is 327 Å². The molecule has 4 nitrogen and oxygen atoms in total. The van der Waals surface area contributed by atoms with Gasteiger partial charge >= 0.3 is 5.97 Å². The van der Waals surface area contributed by atoms with Crippen molar-refractivity contribution in [2.24, 2.45) is 0 Å². The maximum absolute atomic E-state index is 12.3. The highest BCUT2D eigenvalue weighted by atomic mass is 16.5. The summed E-state index contributed by atoms with van der Waals surface area (Å²) in [5.74, 6) is 1.03. The number of hydrogen-bond acceptors (Lipinski definition) is 4. The van der Waals surface area contributed by atoms with Gasteiger partial charge in [-0.1, -0.05) is 192 Å². The van der Waals surface area contributed by atoms with Crippen molar-refractivity contribution in [3.63, 3.8) is 0 Å². The average Bonchev–Trinajstić information content (AvgIpc) is 3.04. The fourth-order valence-electron chi connectivity index (χ4n) is 7.73. The van der Waals surface area contributed by atoms with Crippen LogP contribution in [-0.4, -0.2) is 22.8 Å². The van der Waals surface area contributed by atoms with E-state index in [1.807, 2.05) is 6.92 Å². The van der Waals surface area contributed by atoms with Crippen LogP contribution >= 0.6 is 0 Å². The molecule has 2 unspecified atom stereocenters. The first-order valence-corrected chi connectivity index (χ1v) is 21.4. The predicted octanol–water partition coefficient (Wildman–Crippen LogP) is 14.6. The van der Waals surface area contributed by atoms with Crippen LogP contribution in [0.3, 0.4) is 0 Å². The molecule has 0 fully saturated rings. The molecule has 0 bridgehead atoms. The second kappa shape index (κ2) is 20.4. The van der Waals surface area contributed by atoms with Gasteiger partial charge in [-0.2, -0.15) is 0 Å². The monoisotopic (exact) mass is 735 g/mol. The zero-order valence-electron chi connectivity index (χ0n) is 37.0. The summed E-state index contributed by atoms with van der Waals surface area (Å²) in [7, 11) is 0. The second-order valence-corrected chi connectivity index (χ2v) is 20.2. The molecule has 2 N–H and O–H groups in total. The molecule has 2 aromatic carbocycles. The summed E-state index contributed by atoms with van der Waals surface area (Å²) in [6, 6.07) is 9.04. The maximum atomic E-state index is 12.3. The fraction of sp³-hybridized carbons (Fsp3) is 0.735. The molecule has 0 aliphatic carbocycles. The molecule has 2 rings (SSSR count). The van der Waals surface area contributed by atoms with Gasteiger partial charge in [-0.05, 0) is 86.1 Å². The Morgan fingerprint density at radius 2 is 0.849 bits per heavy atom. The van der Waals surface area contributed by atoms with Gasteiger partial charge in [0.1, 0.15) is 11.5 Å².